The van der Waals surface area contributed by atoms with Crippen LogP contribution < -0.4 is 5.73 Å². The normalized spacial score (nSPS) is 18.7. The summed E-state index contributed by atoms with van der Waals surface area (Å²) in [6, 6.07) is 8.27. The molecule has 18 heavy (non-hydrogen) atoms. The molecule has 4 nitrogen and oxygen atoms in total. The van der Waals surface area contributed by atoms with Gasteiger partial charge >= 0.3 is 0 Å². The van der Waals surface area contributed by atoms with E-state index in [9.17, 15) is 0 Å². The maximum Gasteiger partial charge on any atom is 0.138 e. The number of aromatic nitrogens is 3. The second-order valence-corrected chi connectivity index (χ2v) is 5.07. The van der Waals surface area contributed by atoms with Gasteiger partial charge in [-0.15, -0.1) is 0 Å². The van der Waals surface area contributed by atoms with Crippen molar-refractivity contribution < 1.29 is 0 Å². The van der Waals surface area contributed by atoms with Crippen molar-refractivity contribution in [1.82, 2.24) is 14.8 Å². The van der Waals surface area contributed by atoms with E-state index in [1.54, 1.807) is 17.3 Å². The molecule has 1 fully saturated rings. The molecule has 4 heteroatoms. The van der Waals surface area contributed by atoms with E-state index < -0.39 is 0 Å². The van der Waals surface area contributed by atoms with Crippen molar-refractivity contribution in [3.8, 4) is 5.69 Å². The van der Waals surface area contributed by atoms with Crippen LogP contribution in [0.4, 0.5) is 0 Å². The molecule has 0 unspecified atom stereocenters. The highest BCUT2D eigenvalue weighted by molar-refractivity contribution is 5.44. The summed E-state index contributed by atoms with van der Waals surface area (Å²) >= 11 is 0. The van der Waals surface area contributed by atoms with E-state index in [1.165, 1.54) is 24.8 Å². The fourth-order valence-corrected chi connectivity index (χ4v) is 2.88. The lowest BCUT2D eigenvalue weighted by molar-refractivity contribution is 0.301. The first kappa shape index (κ1) is 11.4. The van der Waals surface area contributed by atoms with Gasteiger partial charge in [-0.05, 0) is 24.5 Å². The molecule has 94 valence electrons. The lowest BCUT2D eigenvalue weighted by Crippen LogP contribution is -2.39. The van der Waals surface area contributed by atoms with Crippen LogP contribution in [-0.2, 0) is 5.54 Å². The minimum atomic E-state index is -0.208. The van der Waals surface area contributed by atoms with Gasteiger partial charge < -0.3 is 5.73 Å². The van der Waals surface area contributed by atoms with Crippen molar-refractivity contribution in [2.75, 3.05) is 0 Å². The summed E-state index contributed by atoms with van der Waals surface area (Å²) in [5.74, 6) is 0. The topological polar surface area (TPSA) is 56.7 Å². The first-order chi connectivity index (χ1) is 8.80. The van der Waals surface area contributed by atoms with Crippen LogP contribution in [0.3, 0.4) is 0 Å². The highest BCUT2D eigenvalue weighted by Gasteiger charge is 2.31. The van der Waals surface area contributed by atoms with Gasteiger partial charge in [-0.2, -0.15) is 5.10 Å². The Kier molecular flexibility index (Phi) is 2.88. The van der Waals surface area contributed by atoms with Gasteiger partial charge in [-0.3, -0.25) is 0 Å². The lowest BCUT2D eigenvalue weighted by Gasteiger charge is -2.35. The second-order valence-electron chi connectivity index (χ2n) is 5.07. The molecule has 1 aromatic heterocycles. The average Bonchev–Trinajstić information content (AvgIpc) is 2.93. The highest BCUT2D eigenvalue weighted by Crippen LogP contribution is 2.37. The van der Waals surface area contributed by atoms with Gasteiger partial charge in [0.25, 0.3) is 0 Å². The van der Waals surface area contributed by atoms with E-state index in [2.05, 4.69) is 28.3 Å². The monoisotopic (exact) mass is 242 g/mol. The first-order valence-electron chi connectivity index (χ1n) is 6.53. The minimum Gasteiger partial charge on any atom is -0.321 e. The molecule has 2 aromatic rings. The molecule has 1 aliphatic carbocycles. The zero-order valence-corrected chi connectivity index (χ0v) is 10.4. The zero-order chi connectivity index (χ0) is 12.4. The van der Waals surface area contributed by atoms with E-state index in [-0.39, 0.29) is 5.54 Å². The molecule has 1 saturated carbocycles. The minimum absolute atomic E-state index is 0.208. The summed E-state index contributed by atoms with van der Waals surface area (Å²) in [7, 11) is 0. The maximum atomic E-state index is 6.63. The molecule has 0 saturated heterocycles. The van der Waals surface area contributed by atoms with Crippen molar-refractivity contribution in [3.05, 3.63) is 42.5 Å². The molecule has 1 heterocycles. The fraction of sp³-hybridized carbons (Fsp3) is 0.429. The Labute approximate surface area is 107 Å². The Morgan fingerprint density at radius 1 is 1.11 bits per heavy atom. The summed E-state index contributed by atoms with van der Waals surface area (Å²) in [5, 5.41) is 4.22. The van der Waals surface area contributed by atoms with Gasteiger partial charge in [0, 0.05) is 5.54 Å². The lowest BCUT2D eigenvalue weighted by atomic mass is 9.77. The van der Waals surface area contributed by atoms with Gasteiger partial charge in [0.05, 0.1) is 5.69 Å². The summed E-state index contributed by atoms with van der Waals surface area (Å²) in [5.41, 5.74) is 8.66. The molecular weight excluding hydrogens is 224 g/mol. The molecular formula is C14H18N4. The van der Waals surface area contributed by atoms with Crippen LogP contribution in [0.1, 0.15) is 37.7 Å². The molecule has 1 aromatic carbocycles. The molecule has 3 rings (SSSR count). The van der Waals surface area contributed by atoms with Gasteiger partial charge in [0.2, 0.25) is 0 Å². The van der Waals surface area contributed by atoms with Crippen LogP contribution in [-0.4, -0.2) is 14.8 Å². The number of nitrogens with zero attached hydrogens (tertiary/aromatic N) is 3. The summed E-state index contributed by atoms with van der Waals surface area (Å²) in [4.78, 5) is 4.02. The second kappa shape index (κ2) is 4.53. The Balaban J connectivity index is 2.06. The quantitative estimate of drug-likeness (QED) is 0.879. The molecule has 0 aliphatic heterocycles. The molecule has 2 N–H and O–H groups in total. The van der Waals surface area contributed by atoms with Crippen molar-refractivity contribution in [2.24, 2.45) is 5.73 Å². The van der Waals surface area contributed by atoms with Crippen LogP contribution in [0.5, 0.6) is 0 Å². The van der Waals surface area contributed by atoms with Gasteiger partial charge in [0.1, 0.15) is 12.7 Å². The van der Waals surface area contributed by atoms with Crippen LogP contribution in [0.2, 0.25) is 0 Å². The predicted octanol–water partition coefficient (Wildman–Crippen LogP) is 2.39. The standard InChI is InChI=1S/C14H18N4/c15-14(8-4-1-5-9-14)12-6-2-3-7-13(12)18-11-16-10-17-18/h2-3,6-7,10-11H,1,4-5,8-9,15H2. The summed E-state index contributed by atoms with van der Waals surface area (Å²) in [6.45, 7) is 0. The molecule has 0 atom stereocenters. The summed E-state index contributed by atoms with van der Waals surface area (Å²) < 4.78 is 1.80. The number of rotatable bonds is 2. The van der Waals surface area contributed by atoms with Crippen molar-refractivity contribution in [1.29, 1.82) is 0 Å². The van der Waals surface area contributed by atoms with Crippen LogP contribution in [0.15, 0.2) is 36.9 Å². The first-order valence-corrected chi connectivity index (χ1v) is 6.53. The number of hydrogen-bond acceptors (Lipinski definition) is 3. The molecule has 0 amide bonds. The van der Waals surface area contributed by atoms with E-state index in [4.69, 9.17) is 5.73 Å². The SMILES string of the molecule is NC1(c2ccccc2-n2cncn2)CCCCC1. The average molecular weight is 242 g/mol. The Morgan fingerprint density at radius 2 is 1.89 bits per heavy atom. The van der Waals surface area contributed by atoms with Gasteiger partial charge in [-0.25, -0.2) is 9.67 Å². The predicted molar refractivity (Wildman–Crippen MR) is 70.3 cm³/mol. The molecule has 0 radical (unpaired) electrons. The molecule has 0 bridgehead atoms. The summed E-state index contributed by atoms with van der Waals surface area (Å²) in [6.07, 6.45) is 9.11. The highest BCUT2D eigenvalue weighted by atomic mass is 15.3. The third-order valence-corrected chi connectivity index (χ3v) is 3.85. The van der Waals surface area contributed by atoms with E-state index >= 15 is 0 Å². The Bertz CT molecular complexity index is 512. The van der Waals surface area contributed by atoms with E-state index in [0.717, 1.165) is 18.5 Å². The van der Waals surface area contributed by atoms with Crippen molar-refractivity contribution in [3.63, 3.8) is 0 Å². The molecule has 0 spiro atoms. The zero-order valence-electron chi connectivity index (χ0n) is 10.4. The number of para-hydroxylation sites is 1. The number of hydrogen-bond donors (Lipinski definition) is 1. The van der Waals surface area contributed by atoms with Crippen molar-refractivity contribution >= 4 is 0 Å². The Morgan fingerprint density at radius 3 is 2.61 bits per heavy atom. The van der Waals surface area contributed by atoms with E-state index in [0.29, 0.717) is 0 Å². The fourth-order valence-electron chi connectivity index (χ4n) is 2.88. The van der Waals surface area contributed by atoms with E-state index in [1.807, 2.05) is 6.07 Å². The molecule has 1 aliphatic rings. The Hall–Kier alpha value is -1.68. The van der Waals surface area contributed by atoms with Gasteiger partial charge in [0.15, 0.2) is 0 Å². The van der Waals surface area contributed by atoms with Crippen LogP contribution in [0, 0.1) is 0 Å². The van der Waals surface area contributed by atoms with Crippen molar-refractivity contribution in [2.45, 2.75) is 37.6 Å². The number of nitrogens with two attached hydrogens (primary N) is 1. The third kappa shape index (κ3) is 1.93. The maximum absolute atomic E-state index is 6.63. The number of benzene rings is 1. The van der Waals surface area contributed by atoms with Crippen LogP contribution in [0.25, 0.3) is 5.69 Å². The van der Waals surface area contributed by atoms with Crippen LogP contribution >= 0.6 is 0 Å². The smallest absolute Gasteiger partial charge is 0.138 e. The van der Waals surface area contributed by atoms with Gasteiger partial charge in [-0.1, -0.05) is 37.5 Å². The third-order valence-electron chi connectivity index (χ3n) is 3.85. The largest absolute Gasteiger partial charge is 0.321 e.